The van der Waals surface area contributed by atoms with Gasteiger partial charge in [-0.15, -0.1) is 0 Å². The van der Waals surface area contributed by atoms with Crippen LogP contribution in [-0.2, 0) is 47.6 Å². The zero-order valence-corrected chi connectivity index (χ0v) is 30.3. The van der Waals surface area contributed by atoms with E-state index in [0.717, 1.165) is 58.3 Å². The van der Waals surface area contributed by atoms with Crippen molar-refractivity contribution in [2.45, 2.75) is 186 Å². The standard InChI is InChI=1S/C36H64O13/c1-5-7-9-11-13-15-17-19-21-31(42)48-34-33(46-27(4)39)30(25-44-26(3)38)47-36(45-24-29(41)28(40)23-37)35(34)49-32(43)22-20-18-16-14-12-10-8-6-2/h28-30,33-37,40-41H,5-25H2,1-4H3/t28-,29+,30-,33-,34+,35+,36-/m1/s1. The highest BCUT2D eigenvalue weighted by atomic mass is 16.7. The fraction of sp³-hybridized carbons (Fsp3) is 0.889. The molecule has 13 heteroatoms. The van der Waals surface area contributed by atoms with Crippen molar-refractivity contribution >= 4 is 23.9 Å². The zero-order chi connectivity index (χ0) is 36.4. The van der Waals surface area contributed by atoms with E-state index in [-0.39, 0.29) is 12.8 Å². The predicted octanol–water partition coefficient (Wildman–Crippen LogP) is 4.82. The Morgan fingerprint density at radius 3 is 1.53 bits per heavy atom. The van der Waals surface area contributed by atoms with Crippen LogP contribution >= 0.6 is 0 Å². The molecule has 1 saturated heterocycles. The molecule has 1 heterocycles. The first-order valence-corrected chi connectivity index (χ1v) is 18.5. The highest BCUT2D eigenvalue weighted by molar-refractivity contribution is 5.71. The largest absolute Gasteiger partial charge is 0.463 e. The zero-order valence-electron chi connectivity index (χ0n) is 30.3. The Hall–Kier alpha value is -2.32. The van der Waals surface area contributed by atoms with Gasteiger partial charge in [0.05, 0.1) is 13.2 Å². The van der Waals surface area contributed by atoms with Gasteiger partial charge < -0.3 is 43.7 Å². The number of hydrogen-bond acceptors (Lipinski definition) is 13. The molecule has 0 bridgehead atoms. The van der Waals surface area contributed by atoms with Crippen LogP contribution in [0.15, 0.2) is 0 Å². The fourth-order valence-electron chi connectivity index (χ4n) is 5.59. The van der Waals surface area contributed by atoms with E-state index in [2.05, 4.69) is 13.8 Å². The second-order valence-electron chi connectivity index (χ2n) is 12.9. The van der Waals surface area contributed by atoms with Gasteiger partial charge in [0.25, 0.3) is 0 Å². The molecule has 0 radical (unpaired) electrons. The number of hydrogen-bond donors (Lipinski definition) is 3. The summed E-state index contributed by atoms with van der Waals surface area (Å²) in [6, 6.07) is 0. The van der Waals surface area contributed by atoms with E-state index in [0.29, 0.717) is 12.8 Å². The SMILES string of the molecule is CCCCCCCCCCC(=O)O[C@@H]1[C@H](OC(=O)CCCCCCCCCC)[C@H](OC[C@H](O)[C@H](O)CO)O[C@H](COC(C)=O)[C@H]1OC(C)=O. The number of aliphatic hydroxyl groups excluding tert-OH is 3. The van der Waals surface area contributed by atoms with Gasteiger partial charge in [-0.2, -0.15) is 0 Å². The highest BCUT2D eigenvalue weighted by Gasteiger charge is 2.53. The maximum Gasteiger partial charge on any atom is 0.306 e. The van der Waals surface area contributed by atoms with Gasteiger partial charge in [-0.3, -0.25) is 19.2 Å². The molecule has 0 aromatic heterocycles. The number of carbonyl (C=O) groups is 4. The van der Waals surface area contributed by atoms with Crippen molar-refractivity contribution in [1.82, 2.24) is 0 Å². The monoisotopic (exact) mass is 704 g/mol. The summed E-state index contributed by atoms with van der Waals surface area (Å²) in [7, 11) is 0. The molecule has 0 aliphatic carbocycles. The molecule has 13 nitrogen and oxygen atoms in total. The van der Waals surface area contributed by atoms with Crippen LogP contribution in [0.5, 0.6) is 0 Å². The van der Waals surface area contributed by atoms with Gasteiger partial charge in [0.15, 0.2) is 24.6 Å². The molecule has 0 unspecified atom stereocenters. The Balaban J connectivity index is 3.15. The summed E-state index contributed by atoms with van der Waals surface area (Å²) >= 11 is 0. The number of carbonyl (C=O) groups excluding carboxylic acids is 4. The molecule has 0 amide bonds. The van der Waals surface area contributed by atoms with Gasteiger partial charge in [-0.1, -0.05) is 104 Å². The predicted molar refractivity (Wildman–Crippen MR) is 180 cm³/mol. The van der Waals surface area contributed by atoms with Gasteiger partial charge in [0, 0.05) is 26.7 Å². The molecule has 49 heavy (non-hydrogen) atoms. The molecule has 3 N–H and O–H groups in total. The summed E-state index contributed by atoms with van der Waals surface area (Å²) < 4.78 is 34.1. The van der Waals surface area contributed by atoms with E-state index in [9.17, 15) is 34.5 Å². The molecule has 1 fully saturated rings. The maximum atomic E-state index is 13.2. The van der Waals surface area contributed by atoms with Gasteiger partial charge in [0.1, 0.15) is 24.9 Å². The average molecular weight is 705 g/mol. The lowest BCUT2D eigenvalue weighted by atomic mass is 9.97. The highest BCUT2D eigenvalue weighted by Crippen LogP contribution is 2.31. The fourth-order valence-corrected chi connectivity index (χ4v) is 5.59. The first-order valence-electron chi connectivity index (χ1n) is 18.5. The number of ether oxygens (including phenoxy) is 6. The lowest BCUT2D eigenvalue weighted by Crippen LogP contribution is -2.63. The third-order valence-electron chi connectivity index (χ3n) is 8.41. The number of aliphatic hydroxyl groups is 3. The van der Waals surface area contributed by atoms with Crippen LogP contribution in [-0.4, -0.2) is 102 Å². The van der Waals surface area contributed by atoms with Gasteiger partial charge in [0.2, 0.25) is 0 Å². The van der Waals surface area contributed by atoms with Crippen LogP contribution < -0.4 is 0 Å². The van der Waals surface area contributed by atoms with Gasteiger partial charge >= 0.3 is 23.9 Å². The van der Waals surface area contributed by atoms with Crippen molar-refractivity contribution in [3.05, 3.63) is 0 Å². The molecule has 0 aromatic rings. The number of unbranched alkanes of at least 4 members (excludes halogenated alkanes) is 14. The molecular formula is C36H64O13. The van der Waals surface area contributed by atoms with E-state index in [1.807, 2.05) is 0 Å². The molecule has 0 aromatic carbocycles. The summed E-state index contributed by atoms with van der Waals surface area (Å²) in [4.78, 5) is 50.3. The van der Waals surface area contributed by atoms with Crippen LogP contribution in [0.2, 0.25) is 0 Å². The Labute approximate surface area is 292 Å². The second-order valence-corrected chi connectivity index (χ2v) is 12.9. The van der Waals surface area contributed by atoms with E-state index in [1.165, 1.54) is 45.4 Å². The summed E-state index contributed by atoms with van der Waals surface area (Å²) in [5.41, 5.74) is 0. The third kappa shape index (κ3) is 20.2. The van der Waals surface area contributed by atoms with E-state index >= 15 is 0 Å². The Morgan fingerprint density at radius 2 is 1.08 bits per heavy atom. The summed E-state index contributed by atoms with van der Waals surface area (Å²) in [6.45, 7) is 4.95. The van der Waals surface area contributed by atoms with Crippen LogP contribution in [0.4, 0.5) is 0 Å². The molecule has 1 rings (SSSR count). The van der Waals surface area contributed by atoms with Gasteiger partial charge in [-0.25, -0.2) is 0 Å². The maximum absolute atomic E-state index is 13.2. The van der Waals surface area contributed by atoms with Crippen molar-refractivity contribution < 1.29 is 62.9 Å². The van der Waals surface area contributed by atoms with E-state index < -0.39 is 86.6 Å². The van der Waals surface area contributed by atoms with E-state index in [4.69, 9.17) is 28.4 Å². The molecule has 1 aliphatic rings. The van der Waals surface area contributed by atoms with Crippen molar-refractivity contribution in [2.24, 2.45) is 0 Å². The molecule has 286 valence electrons. The van der Waals surface area contributed by atoms with Crippen molar-refractivity contribution in [2.75, 3.05) is 19.8 Å². The summed E-state index contributed by atoms with van der Waals surface area (Å²) in [6.07, 6.45) is 6.48. The second kappa shape index (κ2) is 27.4. The van der Waals surface area contributed by atoms with Crippen LogP contribution in [0, 0.1) is 0 Å². The molecule has 0 spiro atoms. The molecule has 0 saturated carbocycles. The first kappa shape index (κ1) is 44.7. The van der Waals surface area contributed by atoms with Crippen LogP contribution in [0.1, 0.15) is 143 Å². The van der Waals surface area contributed by atoms with Crippen LogP contribution in [0.25, 0.3) is 0 Å². The van der Waals surface area contributed by atoms with Crippen molar-refractivity contribution in [1.29, 1.82) is 0 Å². The smallest absolute Gasteiger partial charge is 0.306 e. The minimum Gasteiger partial charge on any atom is -0.463 e. The van der Waals surface area contributed by atoms with Crippen molar-refractivity contribution in [3.8, 4) is 0 Å². The Morgan fingerprint density at radius 1 is 0.612 bits per heavy atom. The summed E-state index contributed by atoms with van der Waals surface area (Å²) in [5, 5.41) is 29.4. The normalized spacial score (nSPS) is 21.8. The lowest BCUT2D eigenvalue weighted by Gasteiger charge is -2.44. The number of rotatable bonds is 28. The third-order valence-corrected chi connectivity index (χ3v) is 8.41. The first-order chi connectivity index (χ1) is 23.5. The Bertz CT molecular complexity index is 913. The molecule has 1 aliphatic heterocycles. The minimum absolute atomic E-state index is 0.0675. The molecular weight excluding hydrogens is 640 g/mol. The quantitative estimate of drug-likeness (QED) is 0.0573. The lowest BCUT2D eigenvalue weighted by molar-refractivity contribution is -0.312. The average Bonchev–Trinajstić information content (AvgIpc) is 3.06. The molecule has 7 atom stereocenters. The number of esters is 4. The topological polar surface area (TPSA) is 184 Å². The Kier molecular flexibility index (Phi) is 25.0. The van der Waals surface area contributed by atoms with Crippen molar-refractivity contribution in [3.63, 3.8) is 0 Å². The van der Waals surface area contributed by atoms with Gasteiger partial charge in [-0.05, 0) is 12.8 Å². The summed E-state index contributed by atoms with van der Waals surface area (Å²) in [5.74, 6) is -2.62. The van der Waals surface area contributed by atoms with Crippen LogP contribution in [0.3, 0.4) is 0 Å². The minimum atomic E-state index is -1.54. The van der Waals surface area contributed by atoms with E-state index in [1.54, 1.807) is 0 Å².